The van der Waals surface area contributed by atoms with Crippen LogP contribution in [0, 0.1) is 13.8 Å². The standard InChI is InChI=1S/C28H31N3O4S/c1-18-7-9-21-15-22(27(32)30-26(21)19(18)2)16-31(17-23-6-5-13-35-23)28(36)29-12-11-20-8-10-24(33-3)25(14-20)34-4/h5-10,13-15H,11-12,16-17H2,1-4H3,(H,29,36)(H,30,32). The van der Waals surface area contributed by atoms with Crippen molar-refractivity contribution in [1.82, 2.24) is 15.2 Å². The van der Waals surface area contributed by atoms with Gasteiger partial charge >= 0.3 is 0 Å². The van der Waals surface area contributed by atoms with E-state index in [9.17, 15) is 4.79 Å². The minimum absolute atomic E-state index is 0.117. The fraction of sp³-hybridized carbons (Fsp3) is 0.286. The summed E-state index contributed by atoms with van der Waals surface area (Å²) in [4.78, 5) is 18.0. The third-order valence-corrected chi connectivity index (χ3v) is 6.74. The maximum absolute atomic E-state index is 13.0. The molecule has 0 aliphatic rings. The highest BCUT2D eigenvalue weighted by Gasteiger charge is 2.16. The second-order valence-electron chi connectivity index (χ2n) is 8.70. The maximum Gasteiger partial charge on any atom is 0.253 e. The Morgan fingerprint density at radius 2 is 1.86 bits per heavy atom. The number of nitrogens with zero attached hydrogens (tertiary/aromatic N) is 1. The third kappa shape index (κ3) is 5.71. The van der Waals surface area contributed by atoms with Gasteiger partial charge in [0.15, 0.2) is 16.6 Å². The first kappa shape index (κ1) is 25.3. The lowest BCUT2D eigenvalue weighted by Crippen LogP contribution is -2.40. The van der Waals surface area contributed by atoms with Crippen LogP contribution in [0.1, 0.15) is 28.0 Å². The predicted octanol–water partition coefficient (Wildman–Crippen LogP) is 4.87. The molecule has 0 unspecified atom stereocenters. The van der Waals surface area contributed by atoms with E-state index in [4.69, 9.17) is 26.1 Å². The minimum Gasteiger partial charge on any atom is -0.493 e. The lowest BCUT2D eigenvalue weighted by Gasteiger charge is -2.25. The van der Waals surface area contributed by atoms with Crippen LogP contribution in [-0.2, 0) is 19.5 Å². The van der Waals surface area contributed by atoms with E-state index >= 15 is 0 Å². The Morgan fingerprint density at radius 3 is 2.58 bits per heavy atom. The summed E-state index contributed by atoms with van der Waals surface area (Å²) in [5, 5.41) is 4.88. The number of hydrogen-bond acceptors (Lipinski definition) is 5. The Kier molecular flexibility index (Phi) is 7.95. The van der Waals surface area contributed by atoms with E-state index in [1.165, 1.54) is 0 Å². The molecule has 0 saturated heterocycles. The number of fused-ring (bicyclic) bond motifs is 1. The Hall–Kier alpha value is -3.78. The second-order valence-corrected chi connectivity index (χ2v) is 9.09. The summed E-state index contributed by atoms with van der Waals surface area (Å²) in [5.74, 6) is 2.15. The number of benzene rings is 2. The van der Waals surface area contributed by atoms with Crippen LogP contribution in [0.2, 0.25) is 0 Å². The summed E-state index contributed by atoms with van der Waals surface area (Å²) in [6, 6.07) is 15.7. The van der Waals surface area contributed by atoms with Gasteiger partial charge in [0, 0.05) is 12.1 Å². The molecule has 4 aromatic rings. The van der Waals surface area contributed by atoms with Crippen LogP contribution in [-0.4, -0.2) is 35.8 Å². The number of nitrogens with one attached hydrogen (secondary N) is 2. The van der Waals surface area contributed by atoms with Crippen LogP contribution >= 0.6 is 12.2 Å². The highest BCUT2D eigenvalue weighted by atomic mass is 32.1. The predicted molar refractivity (Wildman–Crippen MR) is 146 cm³/mol. The number of aromatic nitrogens is 1. The topological polar surface area (TPSA) is 79.7 Å². The fourth-order valence-electron chi connectivity index (χ4n) is 4.15. The van der Waals surface area contributed by atoms with E-state index in [-0.39, 0.29) is 5.56 Å². The molecule has 2 heterocycles. The molecule has 0 saturated carbocycles. The molecule has 7 nitrogen and oxygen atoms in total. The number of H-pyrrole nitrogens is 1. The van der Waals surface area contributed by atoms with Gasteiger partial charge < -0.3 is 29.1 Å². The Morgan fingerprint density at radius 1 is 1.06 bits per heavy atom. The number of pyridine rings is 1. The molecule has 0 aliphatic carbocycles. The van der Waals surface area contributed by atoms with Gasteiger partial charge in [-0.3, -0.25) is 4.79 Å². The largest absolute Gasteiger partial charge is 0.493 e. The zero-order valence-corrected chi connectivity index (χ0v) is 21.8. The highest BCUT2D eigenvalue weighted by Crippen LogP contribution is 2.27. The van der Waals surface area contributed by atoms with E-state index in [2.05, 4.69) is 16.4 Å². The van der Waals surface area contributed by atoms with E-state index in [0.29, 0.717) is 41.8 Å². The molecule has 0 fully saturated rings. The van der Waals surface area contributed by atoms with Crippen molar-refractivity contribution in [1.29, 1.82) is 0 Å². The normalized spacial score (nSPS) is 10.9. The van der Waals surface area contributed by atoms with Crippen molar-refractivity contribution in [3.05, 3.63) is 93.2 Å². The first-order chi connectivity index (χ1) is 17.4. The fourth-order valence-corrected chi connectivity index (χ4v) is 4.38. The summed E-state index contributed by atoms with van der Waals surface area (Å²) >= 11 is 5.74. The Labute approximate surface area is 216 Å². The van der Waals surface area contributed by atoms with Crippen molar-refractivity contribution >= 4 is 28.2 Å². The smallest absolute Gasteiger partial charge is 0.253 e. The molecule has 36 heavy (non-hydrogen) atoms. The Bertz CT molecular complexity index is 1410. The first-order valence-corrected chi connectivity index (χ1v) is 12.2. The number of methoxy groups -OCH3 is 2. The molecule has 4 rings (SSSR count). The average molecular weight is 506 g/mol. The number of thiocarbonyl (C=S) groups is 1. The molecule has 0 spiro atoms. The van der Waals surface area contributed by atoms with Crippen LogP contribution < -0.4 is 20.3 Å². The molecular weight excluding hydrogens is 474 g/mol. The van der Waals surface area contributed by atoms with Gasteiger partial charge in [-0.2, -0.15) is 0 Å². The van der Waals surface area contributed by atoms with Gasteiger partial charge in [-0.25, -0.2) is 0 Å². The summed E-state index contributed by atoms with van der Waals surface area (Å²) < 4.78 is 16.3. The molecule has 0 amide bonds. The lowest BCUT2D eigenvalue weighted by atomic mass is 10.0. The van der Waals surface area contributed by atoms with Gasteiger partial charge in [-0.1, -0.05) is 18.2 Å². The zero-order chi connectivity index (χ0) is 25.7. The SMILES string of the molecule is COc1ccc(CCNC(=S)N(Cc2ccco2)Cc2cc3ccc(C)c(C)c3[nH]c2=O)cc1OC. The maximum atomic E-state index is 13.0. The molecule has 188 valence electrons. The van der Waals surface area contributed by atoms with E-state index in [1.54, 1.807) is 20.5 Å². The minimum atomic E-state index is -0.117. The summed E-state index contributed by atoms with van der Waals surface area (Å²) in [7, 11) is 3.24. The molecule has 2 N–H and O–H groups in total. The van der Waals surface area contributed by atoms with Crippen LogP contribution in [0.4, 0.5) is 0 Å². The van der Waals surface area contributed by atoms with Crippen molar-refractivity contribution in [2.24, 2.45) is 0 Å². The van der Waals surface area contributed by atoms with Crippen LogP contribution in [0.25, 0.3) is 10.9 Å². The molecule has 0 atom stereocenters. The molecule has 0 radical (unpaired) electrons. The summed E-state index contributed by atoms with van der Waals surface area (Å²) in [6.07, 6.45) is 2.37. The average Bonchev–Trinajstić information content (AvgIpc) is 3.40. The monoisotopic (exact) mass is 505 g/mol. The van der Waals surface area contributed by atoms with Gasteiger partial charge in [0.25, 0.3) is 5.56 Å². The number of rotatable bonds is 9. The zero-order valence-electron chi connectivity index (χ0n) is 21.0. The number of furan rings is 1. The lowest BCUT2D eigenvalue weighted by molar-refractivity contribution is 0.350. The summed E-state index contributed by atoms with van der Waals surface area (Å²) in [5.41, 5.74) is 4.71. The molecule has 2 aromatic carbocycles. The number of aryl methyl sites for hydroxylation is 2. The van der Waals surface area contributed by atoms with Crippen molar-refractivity contribution in [3.8, 4) is 11.5 Å². The van der Waals surface area contributed by atoms with Gasteiger partial charge in [0.2, 0.25) is 0 Å². The van der Waals surface area contributed by atoms with Gasteiger partial charge in [-0.05, 0) is 84.9 Å². The number of ether oxygens (including phenoxy) is 2. The molecule has 0 aliphatic heterocycles. The number of aromatic amines is 1. The molecule has 0 bridgehead atoms. The van der Waals surface area contributed by atoms with Gasteiger partial charge in [0.1, 0.15) is 5.76 Å². The summed E-state index contributed by atoms with van der Waals surface area (Å²) in [6.45, 7) is 5.47. The second kappa shape index (κ2) is 11.3. The Balaban J connectivity index is 1.50. The molecule has 2 aromatic heterocycles. The quantitative estimate of drug-likeness (QED) is 0.314. The van der Waals surface area contributed by atoms with E-state index in [0.717, 1.165) is 39.8 Å². The van der Waals surface area contributed by atoms with E-state index in [1.807, 2.05) is 61.2 Å². The van der Waals surface area contributed by atoms with E-state index < -0.39 is 0 Å². The first-order valence-electron chi connectivity index (χ1n) is 11.8. The van der Waals surface area contributed by atoms with Crippen molar-refractivity contribution in [2.45, 2.75) is 33.4 Å². The highest BCUT2D eigenvalue weighted by molar-refractivity contribution is 7.80. The number of hydrogen-bond donors (Lipinski definition) is 2. The van der Waals surface area contributed by atoms with Crippen LogP contribution in [0.3, 0.4) is 0 Å². The van der Waals surface area contributed by atoms with Gasteiger partial charge in [-0.15, -0.1) is 0 Å². The van der Waals surface area contributed by atoms with Crippen molar-refractivity contribution in [2.75, 3.05) is 20.8 Å². The van der Waals surface area contributed by atoms with Crippen LogP contribution in [0.15, 0.2) is 64.0 Å². The van der Waals surface area contributed by atoms with Crippen molar-refractivity contribution in [3.63, 3.8) is 0 Å². The van der Waals surface area contributed by atoms with Gasteiger partial charge in [0.05, 0.1) is 39.1 Å². The third-order valence-electron chi connectivity index (χ3n) is 6.34. The molecular formula is C28H31N3O4S. The molecule has 8 heteroatoms. The van der Waals surface area contributed by atoms with Crippen molar-refractivity contribution < 1.29 is 13.9 Å². The van der Waals surface area contributed by atoms with Crippen LogP contribution in [0.5, 0.6) is 11.5 Å².